The van der Waals surface area contributed by atoms with Gasteiger partial charge in [-0.15, -0.1) is 0 Å². The maximum atomic E-state index is 12.6. The summed E-state index contributed by atoms with van der Waals surface area (Å²) in [5, 5.41) is 1.13. The van der Waals surface area contributed by atoms with Gasteiger partial charge in [-0.3, -0.25) is 4.79 Å². The number of hydrogen-bond donors (Lipinski definition) is 1. The number of amides is 1. The van der Waals surface area contributed by atoms with Crippen molar-refractivity contribution < 1.29 is 9.53 Å². The lowest BCUT2D eigenvalue weighted by Gasteiger charge is -2.33. The van der Waals surface area contributed by atoms with E-state index in [2.05, 4.69) is 18.8 Å². The van der Waals surface area contributed by atoms with Gasteiger partial charge in [-0.05, 0) is 44.5 Å². The monoisotopic (exact) mass is 272 g/mol. The summed E-state index contributed by atoms with van der Waals surface area (Å²) < 4.78 is 5.39. The smallest absolute Gasteiger partial charge is 0.254 e. The molecule has 1 atom stereocenters. The van der Waals surface area contributed by atoms with Crippen molar-refractivity contribution in [3.8, 4) is 0 Å². The molecule has 0 saturated carbocycles. The van der Waals surface area contributed by atoms with Gasteiger partial charge in [-0.25, -0.2) is 0 Å². The predicted molar refractivity (Wildman–Crippen MR) is 79.1 cm³/mol. The summed E-state index contributed by atoms with van der Waals surface area (Å²) >= 11 is 0. The molecule has 1 N–H and O–H groups in total. The summed E-state index contributed by atoms with van der Waals surface area (Å²) in [6, 6.07) is 6.04. The molecule has 106 valence electrons. The van der Waals surface area contributed by atoms with Crippen molar-refractivity contribution in [3.05, 3.63) is 35.0 Å². The van der Waals surface area contributed by atoms with Gasteiger partial charge in [-0.1, -0.05) is 0 Å². The Morgan fingerprint density at radius 3 is 2.95 bits per heavy atom. The topological polar surface area (TPSA) is 45.3 Å². The van der Waals surface area contributed by atoms with Gasteiger partial charge in [0.2, 0.25) is 0 Å². The van der Waals surface area contributed by atoms with Crippen LogP contribution in [-0.2, 0) is 4.74 Å². The largest absolute Gasteiger partial charge is 0.377 e. The number of nitrogens with one attached hydrogen (secondary N) is 1. The Morgan fingerprint density at radius 1 is 1.40 bits per heavy atom. The first-order valence-corrected chi connectivity index (χ1v) is 7.05. The van der Waals surface area contributed by atoms with Gasteiger partial charge in [0.15, 0.2) is 0 Å². The number of carbonyl (C=O) groups is 1. The number of hydrogen-bond acceptors (Lipinski definition) is 2. The molecule has 2 heterocycles. The second kappa shape index (κ2) is 4.94. The van der Waals surface area contributed by atoms with Crippen molar-refractivity contribution in [3.63, 3.8) is 0 Å². The maximum absolute atomic E-state index is 12.6. The average molecular weight is 272 g/mol. The van der Waals surface area contributed by atoms with E-state index in [1.807, 2.05) is 30.0 Å². The van der Waals surface area contributed by atoms with Gasteiger partial charge in [0, 0.05) is 28.7 Å². The van der Waals surface area contributed by atoms with E-state index in [0.29, 0.717) is 19.8 Å². The van der Waals surface area contributed by atoms with Crippen molar-refractivity contribution in [2.24, 2.45) is 0 Å². The van der Waals surface area contributed by atoms with Gasteiger partial charge < -0.3 is 14.6 Å². The third-order valence-electron chi connectivity index (χ3n) is 4.18. The maximum Gasteiger partial charge on any atom is 0.254 e. The Labute approximate surface area is 118 Å². The van der Waals surface area contributed by atoms with Crippen LogP contribution in [0.5, 0.6) is 0 Å². The molecule has 0 spiro atoms. The molecule has 0 aliphatic carbocycles. The van der Waals surface area contributed by atoms with Crippen LogP contribution in [0, 0.1) is 13.8 Å². The fraction of sp³-hybridized carbons (Fsp3) is 0.438. The number of aromatic nitrogens is 1. The van der Waals surface area contributed by atoms with Crippen molar-refractivity contribution in [2.75, 3.05) is 19.8 Å². The molecule has 20 heavy (non-hydrogen) atoms. The van der Waals surface area contributed by atoms with Crippen LogP contribution in [0.2, 0.25) is 0 Å². The molecule has 4 nitrogen and oxygen atoms in total. The van der Waals surface area contributed by atoms with E-state index in [1.165, 1.54) is 5.56 Å². The first kappa shape index (κ1) is 13.2. The number of morpholine rings is 1. The number of aromatic amines is 1. The molecule has 4 heteroatoms. The Morgan fingerprint density at radius 2 is 2.20 bits per heavy atom. The molecule has 1 saturated heterocycles. The zero-order chi connectivity index (χ0) is 14.3. The van der Waals surface area contributed by atoms with E-state index in [1.54, 1.807) is 0 Å². The highest BCUT2D eigenvalue weighted by atomic mass is 16.5. The number of rotatable bonds is 1. The van der Waals surface area contributed by atoms with Crippen LogP contribution in [0.15, 0.2) is 18.2 Å². The molecule has 1 aromatic carbocycles. The molecule has 1 aliphatic rings. The lowest BCUT2D eigenvalue weighted by Crippen LogP contribution is -2.47. The SMILES string of the molecule is Cc1[nH]c2ccc(C(=O)N3CCOC[C@H]3C)cc2c1C. The fourth-order valence-electron chi connectivity index (χ4n) is 2.79. The highest BCUT2D eigenvalue weighted by Gasteiger charge is 2.25. The fourth-order valence-corrected chi connectivity index (χ4v) is 2.79. The standard InChI is InChI=1S/C16H20N2O2/c1-10-9-20-7-6-18(10)16(19)13-4-5-15-14(8-13)11(2)12(3)17-15/h4-5,8,10,17H,6-7,9H2,1-3H3/t10-/m1/s1. The highest BCUT2D eigenvalue weighted by Crippen LogP contribution is 2.23. The molecular formula is C16H20N2O2. The van der Waals surface area contributed by atoms with E-state index >= 15 is 0 Å². The molecular weight excluding hydrogens is 252 g/mol. The molecule has 0 bridgehead atoms. The first-order chi connectivity index (χ1) is 9.58. The van der Waals surface area contributed by atoms with Crippen LogP contribution < -0.4 is 0 Å². The minimum absolute atomic E-state index is 0.0981. The quantitative estimate of drug-likeness (QED) is 0.867. The van der Waals surface area contributed by atoms with Crippen molar-refractivity contribution in [1.82, 2.24) is 9.88 Å². The summed E-state index contributed by atoms with van der Waals surface area (Å²) in [5.41, 5.74) is 4.22. The summed E-state index contributed by atoms with van der Waals surface area (Å²) in [6.45, 7) is 8.09. The van der Waals surface area contributed by atoms with Gasteiger partial charge in [-0.2, -0.15) is 0 Å². The second-order valence-corrected chi connectivity index (χ2v) is 5.56. The van der Waals surface area contributed by atoms with E-state index in [9.17, 15) is 4.79 Å². The van der Waals surface area contributed by atoms with E-state index < -0.39 is 0 Å². The lowest BCUT2D eigenvalue weighted by molar-refractivity contribution is 0.00360. The molecule has 1 amide bonds. The zero-order valence-corrected chi connectivity index (χ0v) is 12.2. The Kier molecular flexibility index (Phi) is 3.26. The number of nitrogens with zero attached hydrogens (tertiary/aromatic N) is 1. The number of carbonyl (C=O) groups excluding carboxylic acids is 1. The Balaban J connectivity index is 1.97. The molecule has 1 aliphatic heterocycles. The molecule has 0 unspecified atom stereocenters. The van der Waals surface area contributed by atoms with Gasteiger partial charge in [0.05, 0.1) is 19.3 Å². The van der Waals surface area contributed by atoms with Crippen LogP contribution in [-0.4, -0.2) is 41.6 Å². The molecule has 1 fully saturated rings. The normalized spacial score (nSPS) is 19.6. The summed E-state index contributed by atoms with van der Waals surface area (Å²) in [4.78, 5) is 17.9. The third-order valence-corrected chi connectivity index (χ3v) is 4.18. The molecule has 1 aromatic heterocycles. The summed E-state index contributed by atoms with van der Waals surface area (Å²) in [7, 11) is 0. The number of benzene rings is 1. The highest BCUT2D eigenvalue weighted by molar-refractivity contribution is 5.99. The van der Waals surface area contributed by atoms with E-state index in [0.717, 1.165) is 22.2 Å². The van der Waals surface area contributed by atoms with E-state index in [-0.39, 0.29) is 11.9 Å². The summed E-state index contributed by atoms with van der Waals surface area (Å²) in [6.07, 6.45) is 0. The summed E-state index contributed by atoms with van der Waals surface area (Å²) in [5.74, 6) is 0.0981. The number of ether oxygens (including phenoxy) is 1. The van der Waals surface area contributed by atoms with Crippen LogP contribution in [0.1, 0.15) is 28.5 Å². The predicted octanol–water partition coefficient (Wildman–Crippen LogP) is 2.65. The second-order valence-electron chi connectivity index (χ2n) is 5.56. The lowest BCUT2D eigenvalue weighted by atomic mass is 10.1. The van der Waals surface area contributed by atoms with Crippen LogP contribution in [0.3, 0.4) is 0 Å². The minimum atomic E-state index is 0.0981. The Bertz CT molecular complexity index is 660. The molecule has 0 radical (unpaired) electrons. The van der Waals surface area contributed by atoms with Crippen LogP contribution in [0.4, 0.5) is 0 Å². The average Bonchev–Trinajstić information content (AvgIpc) is 2.74. The van der Waals surface area contributed by atoms with Crippen molar-refractivity contribution in [2.45, 2.75) is 26.8 Å². The third kappa shape index (κ3) is 2.10. The number of aryl methyl sites for hydroxylation is 2. The molecule has 2 aromatic rings. The minimum Gasteiger partial charge on any atom is -0.377 e. The van der Waals surface area contributed by atoms with Gasteiger partial charge >= 0.3 is 0 Å². The van der Waals surface area contributed by atoms with Gasteiger partial charge in [0.25, 0.3) is 5.91 Å². The Hall–Kier alpha value is -1.81. The zero-order valence-electron chi connectivity index (χ0n) is 12.2. The van der Waals surface area contributed by atoms with Crippen molar-refractivity contribution >= 4 is 16.8 Å². The van der Waals surface area contributed by atoms with Crippen LogP contribution in [0.25, 0.3) is 10.9 Å². The number of H-pyrrole nitrogens is 1. The van der Waals surface area contributed by atoms with Crippen molar-refractivity contribution in [1.29, 1.82) is 0 Å². The molecule has 3 rings (SSSR count). The van der Waals surface area contributed by atoms with Crippen LogP contribution >= 0.6 is 0 Å². The first-order valence-electron chi connectivity index (χ1n) is 7.05. The number of fused-ring (bicyclic) bond motifs is 1. The van der Waals surface area contributed by atoms with E-state index in [4.69, 9.17) is 4.74 Å². The van der Waals surface area contributed by atoms with Gasteiger partial charge in [0.1, 0.15) is 0 Å².